The standard InChI is InChI=1S/C21H21F4N5O2/c22-18(23)17-16-13(3-4-27-19(16)29-20(31)32-17)14-9-12(21(24,25)11-1-2-11)10-15(28-14)30-7-5-26-6-8-30/h3-4,9-11,17-18,26H,1-2,5-8H2,(H,27,29,31)/t17-/m1/s1. The van der Waals surface area contributed by atoms with Gasteiger partial charge in [0.15, 0.2) is 6.10 Å². The molecule has 32 heavy (non-hydrogen) atoms. The molecule has 2 aromatic heterocycles. The lowest BCUT2D eigenvalue weighted by Gasteiger charge is -2.30. The molecule has 1 atom stereocenters. The van der Waals surface area contributed by atoms with Crippen LogP contribution in [0.15, 0.2) is 24.4 Å². The Morgan fingerprint density at radius 3 is 2.62 bits per heavy atom. The van der Waals surface area contributed by atoms with Gasteiger partial charge in [-0.2, -0.15) is 0 Å². The van der Waals surface area contributed by atoms with Crippen LogP contribution in [-0.4, -0.2) is 48.7 Å². The van der Waals surface area contributed by atoms with E-state index in [-0.39, 0.29) is 28.2 Å². The first-order valence-corrected chi connectivity index (χ1v) is 10.5. The second kappa shape index (κ2) is 7.88. The lowest BCUT2D eigenvalue weighted by molar-refractivity contribution is -0.0285. The summed E-state index contributed by atoms with van der Waals surface area (Å²) in [7, 11) is 0. The van der Waals surface area contributed by atoms with Crippen LogP contribution in [0.25, 0.3) is 11.3 Å². The molecule has 3 aliphatic rings. The molecule has 1 aliphatic carbocycles. The highest BCUT2D eigenvalue weighted by Gasteiger charge is 2.48. The van der Waals surface area contributed by atoms with Gasteiger partial charge in [-0.1, -0.05) is 0 Å². The number of nitrogens with one attached hydrogen (secondary N) is 2. The molecular weight excluding hydrogens is 430 g/mol. The second-order valence-corrected chi connectivity index (χ2v) is 8.14. The predicted molar refractivity (Wildman–Crippen MR) is 108 cm³/mol. The lowest BCUT2D eigenvalue weighted by Crippen LogP contribution is -2.44. The Balaban J connectivity index is 1.66. The summed E-state index contributed by atoms with van der Waals surface area (Å²) in [5, 5.41) is 5.51. The van der Waals surface area contributed by atoms with Crippen LogP contribution in [0.5, 0.6) is 0 Å². The fourth-order valence-corrected chi connectivity index (χ4v) is 4.15. The zero-order chi connectivity index (χ0) is 22.5. The molecule has 2 aromatic rings. The van der Waals surface area contributed by atoms with E-state index in [1.165, 1.54) is 24.4 Å². The van der Waals surface area contributed by atoms with E-state index < -0.39 is 30.5 Å². The van der Waals surface area contributed by atoms with Crippen LogP contribution >= 0.6 is 0 Å². The van der Waals surface area contributed by atoms with Crippen molar-refractivity contribution in [2.45, 2.75) is 31.3 Å². The van der Waals surface area contributed by atoms with Crippen molar-refractivity contribution in [3.05, 3.63) is 35.5 Å². The van der Waals surface area contributed by atoms with E-state index in [0.717, 1.165) is 0 Å². The number of amides is 1. The molecule has 2 N–H and O–H groups in total. The quantitative estimate of drug-likeness (QED) is 0.671. The van der Waals surface area contributed by atoms with E-state index in [9.17, 15) is 13.6 Å². The molecule has 4 heterocycles. The van der Waals surface area contributed by atoms with E-state index in [1.807, 2.05) is 4.90 Å². The van der Waals surface area contributed by atoms with Crippen molar-refractivity contribution in [2.75, 3.05) is 36.4 Å². The van der Waals surface area contributed by atoms with Gasteiger partial charge in [0.2, 0.25) is 0 Å². The number of ether oxygens (including phenoxy) is 1. The molecule has 1 saturated carbocycles. The van der Waals surface area contributed by atoms with Crippen molar-refractivity contribution < 1.29 is 27.1 Å². The Morgan fingerprint density at radius 2 is 1.94 bits per heavy atom. The molecule has 5 rings (SSSR count). The Morgan fingerprint density at radius 1 is 1.19 bits per heavy atom. The lowest BCUT2D eigenvalue weighted by atomic mass is 9.96. The number of halogens is 4. The molecule has 1 saturated heterocycles. The summed E-state index contributed by atoms with van der Waals surface area (Å²) in [5.74, 6) is -3.52. The van der Waals surface area contributed by atoms with Gasteiger partial charge in [-0.25, -0.2) is 32.3 Å². The van der Waals surface area contributed by atoms with Gasteiger partial charge in [0.25, 0.3) is 12.3 Å². The van der Waals surface area contributed by atoms with E-state index in [0.29, 0.717) is 44.8 Å². The number of rotatable bonds is 5. The van der Waals surface area contributed by atoms with Gasteiger partial charge in [0.1, 0.15) is 11.6 Å². The van der Waals surface area contributed by atoms with Crippen molar-refractivity contribution in [2.24, 2.45) is 5.92 Å². The zero-order valence-corrected chi connectivity index (χ0v) is 17.0. The van der Waals surface area contributed by atoms with Crippen LogP contribution in [0.3, 0.4) is 0 Å². The van der Waals surface area contributed by atoms with Gasteiger partial charge in [-0.3, -0.25) is 5.32 Å². The van der Waals surface area contributed by atoms with Crippen LogP contribution in [0.1, 0.15) is 30.1 Å². The average Bonchev–Trinajstić information content (AvgIpc) is 3.64. The highest BCUT2D eigenvalue weighted by atomic mass is 19.3. The van der Waals surface area contributed by atoms with Crippen molar-refractivity contribution in [1.82, 2.24) is 15.3 Å². The number of carbonyl (C=O) groups is 1. The fourth-order valence-electron chi connectivity index (χ4n) is 4.15. The number of cyclic esters (lactones) is 1. The minimum absolute atomic E-state index is 0.0762. The molecular formula is C21H21F4N5O2. The first-order valence-electron chi connectivity index (χ1n) is 10.5. The normalized spacial score (nSPS) is 21.2. The van der Waals surface area contributed by atoms with Crippen LogP contribution in [-0.2, 0) is 10.7 Å². The topological polar surface area (TPSA) is 79.4 Å². The molecule has 170 valence electrons. The minimum Gasteiger partial charge on any atom is -0.435 e. The van der Waals surface area contributed by atoms with Crippen LogP contribution in [0.2, 0.25) is 0 Å². The molecule has 7 nitrogen and oxygen atoms in total. The van der Waals surface area contributed by atoms with Gasteiger partial charge in [-0.05, 0) is 31.0 Å². The third-order valence-corrected chi connectivity index (χ3v) is 5.96. The molecule has 0 radical (unpaired) electrons. The molecule has 0 bridgehead atoms. The van der Waals surface area contributed by atoms with Crippen molar-refractivity contribution in [1.29, 1.82) is 0 Å². The number of carbonyl (C=O) groups excluding carboxylic acids is 1. The second-order valence-electron chi connectivity index (χ2n) is 8.14. The van der Waals surface area contributed by atoms with Crippen LogP contribution < -0.4 is 15.5 Å². The zero-order valence-electron chi connectivity index (χ0n) is 17.0. The average molecular weight is 451 g/mol. The summed E-state index contributed by atoms with van der Waals surface area (Å²) in [5.41, 5.74) is 0.0109. The maximum Gasteiger partial charge on any atom is 0.413 e. The van der Waals surface area contributed by atoms with Gasteiger partial charge in [-0.15, -0.1) is 0 Å². The number of hydrogen-bond donors (Lipinski definition) is 2. The van der Waals surface area contributed by atoms with E-state index >= 15 is 8.78 Å². The van der Waals surface area contributed by atoms with Crippen LogP contribution in [0.4, 0.5) is 34.0 Å². The van der Waals surface area contributed by atoms with Gasteiger partial charge in [0, 0.05) is 49.4 Å². The smallest absolute Gasteiger partial charge is 0.413 e. The highest BCUT2D eigenvalue weighted by Crippen LogP contribution is 2.51. The van der Waals surface area contributed by atoms with Crippen molar-refractivity contribution >= 4 is 17.7 Å². The van der Waals surface area contributed by atoms with E-state index in [4.69, 9.17) is 4.74 Å². The molecule has 0 spiro atoms. The summed E-state index contributed by atoms with van der Waals surface area (Å²) in [6, 6.07) is 4.07. The number of fused-ring (bicyclic) bond motifs is 1. The number of pyridine rings is 2. The SMILES string of the molecule is O=C1Nc2nccc(-c3cc(C(F)(F)C4CC4)cc(N4CCNCC4)n3)c2[C@H](C(F)F)O1. The van der Waals surface area contributed by atoms with E-state index in [2.05, 4.69) is 20.6 Å². The summed E-state index contributed by atoms with van der Waals surface area (Å²) in [6.07, 6.45) is -3.75. The van der Waals surface area contributed by atoms with Gasteiger partial charge < -0.3 is 15.0 Å². The highest BCUT2D eigenvalue weighted by molar-refractivity contribution is 5.89. The number of piperazine rings is 1. The van der Waals surface area contributed by atoms with Gasteiger partial charge in [0.05, 0.1) is 11.3 Å². The fraction of sp³-hybridized carbons (Fsp3) is 0.476. The minimum atomic E-state index is -3.06. The molecule has 2 aliphatic heterocycles. The molecule has 0 unspecified atom stereocenters. The third kappa shape index (κ3) is 3.74. The summed E-state index contributed by atoms with van der Waals surface area (Å²) in [6.45, 7) is 2.52. The summed E-state index contributed by atoms with van der Waals surface area (Å²) < 4.78 is 62.5. The molecule has 11 heteroatoms. The number of aromatic nitrogens is 2. The Labute approximate surface area is 181 Å². The predicted octanol–water partition coefficient (Wildman–Crippen LogP) is 3.92. The Hall–Kier alpha value is -2.95. The molecule has 2 fully saturated rings. The monoisotopic (exact) mass is 451 g/mol. The number of alkyl halides is 4. The summed E-state index contributed by atoms with van der Waals surface area (Å²) in [4.78, 5) is 22.1. The first kappa shape index (κ1) is 20.9. The van der Waals surface area contributed by atoms with E-state index in [1.54, 1.807) is 0 Å². The van der Waals surface area contributed by atoms with Crippen molar-refractivity contribution in [3.8, 4) is 11.3 Å². The van der Waals surface area contributed by atoms with Crippen LogP contribution in [0, 0.1) is 5.92 Å². The summed E-state index contributed by atoms with van der Waals surface area (Å²) >= 11 is 0. The Kier molecular flexibility index (Phi) is 5.15. The maximum absolute atomic E-state index is 15.1. The Bertz CT molecular complexity index is 1040. The maximum atomic E-state index is 15.1. The number of nitrogens with zero attached hydrogens (tertiary/aromatic N) is 3. The number of anilines is 2. The van der Waals surface area contributed by atoms with Gasteiger partial charge >= 0.3 is 6.09 Å². The van der Waals surface area contributed by atoms with Crippen molar-refractivity contribution in [3.63, 3.8) is 0 Å². The number of hydrogen-bond acceptors (Lipinski definition) is 6. The molecule has 0 aromatic carbocycles. The first-order chi connectivity index (χ1) is 15.3. The largest absolute Gasteiger partial charge is 0.435 e. The third-order valence-electron chi connectivity index (χ3n) is 5.96. The molecule has 1 amide bonds.